The summed E-state index contributed by atoms with van der Waals surface area (Å²) in [7, 11) is 0. The molecule has 3 aromatic carbocycles. The van der Waals surface area contributed by atoms with Crippen molar-refractivity contribution in [3.8, 4) is 0 Å². The van der Waals surface area contributed by atoms with Crippen LogP contribution in [0.1, 0.15) is 42.1 Å². The monoisotopic (exact) mass is 582 g/mol. The van der Waals surface area contributed by atoms with Gasteiger partial charge in [0.25, 0.3) is 0 Å². The molecule has 0 unspecified atom stereocenters. The molecular weight excluding hydrogens is 540 g/mol. The fourth-order valence-corrected chi connectivity index (χ4v) is 4.87. The Morgan fingerprint density at radius 1 is 0.814 bits per heavy atom. The zero-order valence-electron chi connectivity index (χ0n) is 24.6. The number of hydrogen-bond acceptors (Lipinski definition) is 5. The highest BCUT2D eigenvalue weighted by Crippen LogP contribution is 2.23. The molecule has 7 heteroatoms. The number of nitrogens with zero attached hydrogens (tertiary/aromatic N) is 1. The first-order valence-corrected chi connectivity index (χ1v) is 14.7. The third-order valence-corrected chi connectivity index (χ3v) is 7.18. The summed E-state index contributed by atoms with van der Waals surface area (Å²) in [5, 5.41) is 12.5. The van der Waals surface area contributed by atoms with Gasteiger partial charge in [-0.3, -0.25) is 14.4 Å². The van der Waals surface area contributed by atoms with E-state index in [9.17, 15) is 19.5 Å². The molecule has 226 valence electrons. The summed E-state index contributed by atoms with van der Waals surface area (Å²) in [6.45, 7) is 7.95. The van der Waals surface area contributed by atoms with Gasteiger partial charge in [0, 0.05) is 19.5 Å². The number of amides is 2. The zero-order chi connectivity index (χ0) is 30.9. The molecule has 7 nitrogen and oxygen atoms in total. The average molecular weight is 583 g/mol. The van der Waals surface area contributed by atoms with Gasteiger partial charge in [-0.25, -0.2) is 0 Å². The quantitative estimate of drug-likeness (QED) is 0.154. The first-order chi connectivity index (χ1) is 20.9. The average Bonchev–Trinajstić information content (AvgIpc) is 3.03. The number of nitrogens with one attached hydrogen (secondary N) is 1. The standard InChI is InChI=1S/C36H42N2O5/c1-3-14-31(25-34(40)38(22-23-39)27-29-18-10-6-11-19-29)35(41)37-26-33(30-20-12-7-13-21-30)43-36(42)32(15-4-2)24-28-16-8-5-9-17-28/h3-13,16-21,31-33,39H,1-2,14-15,22-27H2,(H,37,41)/t31-,32-,33-/m0/s1. The van der Waals surface area contributed by atoms with Crippen LogP contribution in [0.15, 0.2) is 116 Å². The van der Waals surface area contributed by atoms with Gasteiger partial charge in [-0.05, 0) is 36.0 Å². The Hall–Kier alpha value is -4.49. The Labute approximate surface area is 254 Å². The smallest absolute Gasteiger partial charge is 0.310 e. The highest BCUT2D eigenvalue weighted by molar-refractivity contribution is 5.86. The van der Waals surface area contributed by atoms with Crippen LogP contribution in [0.4, 0.5) is 0 Å². The molecule has 0 aliphatic carbocycles. The van der Waals surface area contributed by atoms with Crippen molar-refractivity contribution in [2.75, 3.05) is 19.7 Å². The molecule has 2 N–H and O–H groups in total. The van der Waals surface area contributed by atoms with E-state index < -0.39 is 17.9 Å². The van der Waals surface area contributed by atoms with E-state index in [1.807, 2.05) is 91.0 Å². The largest absolute Gasteiger partial charge is 0.455 e. The summed E-state index contributed by atoms with van der Waals surface area (Å²) < 4.78 is 6.01. The number of hydrogen-bond donors (Lipinski definition) is 2. The van der Waals surface area contributed by atoms with Crippen molar-refractivity contribution in [1.29, 1.82) is 0 Å². The summed E-state index contributed by atoms with van der Waals surface area (Å²) in [5.41, 5.74) is 2.71. The second-order valence-corrected chi connectivity index (χ2v) is 10.4. The molecule has 0 saturated heterocycles. The molecule has 0 aliphatic heterocycles. The van der Waals surface area contributed by atoms with Gasteiger partial charge in [0.2, 0.25) is 11.8 Å². The van der Waals surface area contributed by atoms with Gasteiger partial charge >= 0.3 is 5.97 Å². The van der Waals surface area contributed by atoms with Crippen molar-refractivity contribution >= 4 is 17.8 Å². The molecule has 0 aliphatic rings. The van der Waals surface area contributed by atoms with Crippen LogP contribution < -0.4 is 5.32 Å². The number of esters is 1. The molecule has 2 amide bonds. The van der Waals surface area contributed by atoms with Crippen LogP contribution in [-0.2, 0) is 32.1 Å². The van der Waals surface area contributed by atoms with Gasteiger partial charge in [0.1, 0.15) is 6.10 Å². The minimum absolute atomic E-state index is 0.0427. The van der Waals surface area contributed by atoms with Crippen molar-refractivity contribution < 1.29 is 24.2 Å². The molecule has 3 atom stereocenters. The SMILES string of the molecule is C=CC[C@@H](CC(=O)N(CCO)Cc1ccccc1)C(=O)NC[C@H](OC(=O)[C@@H](CC=C)Cc1ccccc1)c1ccccc1. The van der Waals surface area contributed by atoms with E-state index in [0.717, 1.165) is 16.7 Å². The number of benzene rings is 3. The normalized spacial score (nSPS) is 12.8. The number of aliphatic hydroxyl groups excluding tert-OH is 1. The molecule has 3 rings (SSSR count). The maximum Gasteiger partial charge on any atom is 0.310 e. The molecule has 0 fully saturated rings. The fourth-order valence-electron chi connectivity index (χ4n) is 4.87. The Balaban J connectivity index is 1.69. The molecule has 0 spiro atoms. The molecule has 43 heavy (non-hydrogen) atoms. The number of carbonyl (C=O) groups is 3. The summed E-state index contributed by atoms with van der Waals surface area (Å²) >= 11 is 0. The Morgan fingerprint density at radius 3 is 1.95 bits per heavy atom. The maximum atomic E-state index is 13.4. The number of carbonyl (C=O) groups excluding carboxylic acids is 3. The number of allylic oxidation sites excluding steroid dienone is 2. The van der Waals surface area contributed by atoms with Crippen LogP contribution in [0.3, 0.4) is 0 Å². The third kappa shape index (κ3) is 11.0. The topological polar surface area (TPSA) is 95.9 Å². The Morgan fingerprint density at radius 2 is 1.37 bits per heavy atom. The Bertz CT molecular complexity index is 1300. The highest BCUT2D eigenvalue weighted by Gasteiger charge is 2.27. The highest BCUT2D eigenvalue weighted by atomic mass is 16.5. The van der Waals surface area contributed by atoms with E-state index in [1.165, 1.54) is 0 Å². The molecular formula is C36H42N2O5. The predicted octanol–water partition coefficient (Wildman–Crippen LogP) is 5.43. The van der Waals surface area contributed by atoms with E-state index >= 15 is 0 Å². The number of aliphatic hydroxyl groups is 1. The van der Waals surface area contributed by atoms with E-state index in [1.54, 1.807) is 17.1 Å². The van der Waals surface area contributed by atoms with Crippen molar-refractivity contribution in [3.63, 3.8) is 0 Å². The van der Waals surface area contributed by atoms with Crippen LogP contribution in [0.25, 0.3) is 0 Å². The third-order valence-electron chi connectivity index (χ3n) is 7.18. The molecule has 0 saturated carbocycles. The van der Waals surface area contributed by atoms with Crippen molar-refractivity contribution in [2.24, 2.45) is 11.8 Å². The van der Waals surface area contributed by atoms with Gasteiger partial charge in [-0.2, -0.15) is 0 Å². The lowest BCUT2D eigenvalue weighted by Crippen LogP contribution is -2.39. The first kappa shape index (κ1) is 33.0. The molecule has 0 radical (unpaired) electrons. The molecule has 3 aromatic rings. The lowest BCUT2D eigenvalue weighted by molar-refractivity contribution is -0.154. The van der Waals surface area contributed by atoms with Crippen LogP contribution >= 0.6 is 0 Å². The van der Waals surface area contributed by atoms with Crippen molar-refractivity contribution in [1.82, 2.24) is 10.2 Å². The molecule has 0 heterocycles. The summed E-state index contributed by atoms with van der Waals surface area (Å²) in [6.07, 6.45) is 3.83. The van der Waals surface area contributed by atoms with Crippen LogP contribution in [-0.4, -0.2) is 47.5 Å². The van der Waals surface area contributed by atoms with E-state index in [0.29, 0.717) is 25.8 Å². The van der Waals surface area contributed by atoms with Gasteiger partial charge in [-0.15, -0.1) is 13.2 Å². The first-order valence-electron chi connectivity index (χ1n) is 14.7. The predicted molar refractivity (Wildman–Crippen MR) is 169 cm³/mol. The summed E-state index contributed by atoms with van der Waals surface area (Å²) in [6, 6.07) is 28.5. The van der Waals surface area contributed by atoms with Gasteiger partial charge in [-0.1, -0.05) is 103 Å². The van der Waals surface area contributed by atoms with E-state index in [4.69, 9.17) is 4.74 Å². The van der Waals surface area contributed by atoms with Gasteiger partial charge in [0.05, 0.1) is 25.0 Å². The van der Waals surface area contributed by atoms with Crippen LogP contribution in [0.5, 0.6) is 0 Å². The zero-order valence-corrected chi connectivity index (χ0v) is 24.6. The molecule has 0 bridgehead atoms. The summed E-state index contributed by atoms with van der Waals surface area (Å²) in [5.74, 6) is -2.03. The van der Waals surface area contributed by atoms with E-state index in [-0.39, 0.29) is 43.9 Å². The lowest BCUT2D eigenvalue weighted by atomic mass is 9.96. The maximum absolute atomic E-state index is 13.4. The van der Waals surface area contributed by atoms with Crippen molar-refractivity contribution in [2.45, 2.75) is 38.3 Å². The van der Waals surface area contributed by atoms with Crippen LogP contribution in [0, 0.1) is 11.8 Å². The van der Waals surface area contributed by atoms with Crippen molar-refractivity contribution in [3.05, 3.63) is 133 Å². The molecule has 0 aromatic heterocycles. The summed E-state index contributed by atoms with van der Waals surface area (Å²) in [4.78, 5) is 41.5. The van der Waals surface area contributed by atoms with Gasteiger partial charge < -0.3 is 20.1 Å². The van der Waals surface area contributed by atoms with Gasteiger partial charge in [0.15, 0.2) is 0 Å². The lowest BCUT2D eigenvalue weighted by Gasteiger charge is -2.25. The number of rotatable bonds is 18. The Kier molecular flexibility index (Phi) is 13.9. The fraction of sp³-hybridized carbons (Fsp3) is 0.306. The minimum Gasteiger partial charge on any atom is -0.455 e. The second-order valence-electron chi connectivity index (χ2n) is 10.4. The van der Waals surface area contributed by atoms with E-state index in [2.05, 4.69) is 18.5 Å². The second kappa shape index (κ2) is 18.1. The minimum atomic E-state index is -0.718. The van der Waals surface area contributed by atoms with Crippen LogP contribution in [0.2, 0.25) is 0 Å². The number of ether oxygens (including phenoxy) is 1.